The predicted molar refractivity (Wildman–Crippen MR) is 61.3 cm³/mol. The first-order valence-electron chi connectivity index (χ1n) is 5.68. The van der Waals surface area contributed by atoms with Gasteiger partial charge in [0, 0.05) is 6.54 Å². The summed E-state index contributed by atoms with van der Waals surface area (Å²) in [7, 11) is 0. The molecule has 0 aromatic heterocycles. The number of nitrogens with zero attached hydrogens (tertiary/aromatic N) is 1. The molecule has 1 amide bonds. The molecule has 1 rings (SSSR count). The molecule has 1 saturated heterocycles. The first-order valence-corrected chi connectivity index (χ1v) is 5.68. The minimum absolute atomic E-state index is 0.0460. The number of terminal acetylenes is 1. The topological polar surface area (TPSA) is 32.3 Å². The zero-order chi connectivity index (χ0) is 11.1. The average Bonchev–Trinajstić information content (AvgIpc) is 2.26. The molecule has 0 aromatic carbocycles. The Morgan fingerprint density at radius 1 is 1.67 bits per heavy atom. The van der Waals surface area contributed by atoms with E-state index < -0.39 is 0 Å². The lowest BCUT2D eigenvalue weighted by Gasteiger charge is -2.31. The van der Waals surface area contributed by atoms with Crippen molar-refractivity contribution in [3.63, 3.8) is 0 Å². The second kappa shape index (κ2) is 6.47. The summed E-state index contributed by atoms with van der Waals surface area (Å²) in [4.78, 5) is 13.6. The molecular formula is C12H20N2O. The highest BCUT2D eigenvalue weighted by molar-refractivity contribution is 5.78. The monoisotopic (exact) mass is 208 g/mol. The highest BCUT2D eigenvalue weighted by Gasteiger charge is 2.19. The molecule has 1 N–H and O–H groups in total. The number of piperidine rings is 1. The zero-order valence-electron chi connectivity index (χ0n) is 9.46. The molecule has 1 unspecified atom stereocenters. The number of amides is 1. The molecule has 3 nitrogen and oxygen atoms in total. The van der Waals surface area contributed by atoms with Gasteiger partial charge in [-0.1, -0.05) is 19.3 Å². The van der Waals surface area contributed by atoms with Crippen LogP contribution in [-0.2, 0) is 4.79 Å². The summed E-state index contributed by atoms with van der Waals surface area (Å²) in [6, 6.07) is 0. The summed E-state index contributed by atoms with van der Waals surface area (Å²) in [5.41, 5.74) is 0. The average molecular weight is 208 g/mol. The van der Waals surface area contributed by atoms with E-state index in [4.69, 9.17) is 6.42 Å². The van der Waals surface area contributed by atoms with Crippen LogP contribution in [-0.4, -0.2) is 37.0 Å². The van der Waals surface area contributed by atoms with Gasteiger partial charge in [-0.15, -0.1) is 6.42 Å². The van der Waals surface area contributed by atoms with Crippen LogP contribution in [0.1, 0.15) is 26.2 Å². The van der Waals surface area contributed by atoms with Crippen LogP contribution in [0.4, 0.5) is 0 Å². The zero-order valence-corrected chi connectivity index (χ0v) is 9.46. The predicted octanol–water partition coefficient (Wildman–Crippen LogP) is 0.858. The van der Waals surface area contributed by atoms with E-state index in [1.165, 1.54) is 19.3 Å². The Morgan fingerprint density at radius 2 is 2.47 bits per heavy atom. The van der Waals surface area contributed by atoms with Crippen molar-refractivity contribution in [2.45, 2.75) is 26.2 Å². The normalized spacial score (nSPS) is 22.0. The molecule has 0 aliphatic carbocycles. The summed E-state index contributed by atoms with van der Waals surface area (Å²) in [6.45, 7) is 5.15. The van der Waals surface area contributed by atoms with E-state index in [2.05, 4.69) is 23.1 Å². The Morgan fingerprint density at radius 3 is 3.13 bits per heavy atom. The Kier molecular flexibility index (Phi) is 5.20. The SMILES string of the molecule is C#CCNC(=O)CN1CCCC(CC)C1. The molecule has 0 aromatic rings. The van der Waals surface area contributed by atoms with Crippen LogP contribution in [0.15, 0.2) is 0 Å². The minimum Gasteiger partial charge on any atom is -0.344 e. The number of carbonyl (C=O) groups excluding carboxylic acids is 1. The molecule has 1 fully saturated rings. The highest BCUT2D eigenvalue weighted by Crippen LogP contribution is 2.18. The lowest BCUT2D eigenvalue weighted by Crippen LogP contribution is -2.42. The summed E-state index contributed by atoms with van der Waals surface area (Å²) >= 11 is 0. The Hall–Kier alpha value is -1.01. The van der Waals surface area contributed by atoms with Crippen LogP contribution in [0.3, 0.4) is 0 Å². The maximum absolute atomic E-state index is 11.4. The van der Waals surface area contributed by atoms with Crippen molar-refractivity contribution in [1.82, 2.24) is 10.2 Å². The van der Waals surface area contributed by atoms with Crippen molar-refractivity contribution in [2.75, 3.05) is 26.2 Å². The van der Waals surface area contributed by atoms with Crippen LogP contribution in [0.25, 0.3) is 0 Å². The third-order valence-electron chi connectivity index (χ3n) is 2.94. The quantitative estimate of drug-likeness (QED) is 0.695. The fraction of sp³-hybridized carbons (Fsp3) is 0.750. The van der Waals surface area contributed by atoms with E-state index >= 15 is 0 Å². The third kappa shape index (κ3) is 4.35. The van der Waals surface area contributed by atoms with Gasteiger partial charge in [0.2, 0.25) is 5.91 Å². The molecular weight excluding hydrogens is 188 g/mol. The van der Waals surface area contributed by atoms with Gasteiger partial charge in [-0.25, -0.2) is 0 Å². The number of carbonyl (C=O) groups is 1. The second-order valence-corrected chi connectivity index (χ2v) is 4.13. The molecule has 0 saturated carbocycles. The number of likely N-dealkylation sites (tertiary alicyclic amines) is 1. The highest BCUT2D eigenvalue weighted by atomic mass is 16.2. The fourth-order valence-electron chi connectivity index (χ4n) is 2.04. The van der Waals surface area contributed by atoms with Crippen molar-refractivity contribution < 1.29 is 4.79 Å². The van der Waals surface area contributed by atoms with E-state index in [0.29, 0.717) is 13.1 Å². The standard InChI is InChI=1S/C12H20N2O/c1-3-7-13-12(15)10-14-8-5-6-11(4-2)9-14/h1,11H,4-10H2,2H3,(H,13,15). The third-order valence-corrected chi connectivity index (χ3v) is 2.94. The molecule has 0 bridgehead atoms. The Balaban J connectivity index is 2.25. The number of hydrogen-bond donors (Lipinski definition) is 1. The van der Waals surface area contributed by atoms with E-state index in [9.17, 15) is 4.79 Å². The molecule has 3 heteroatoms. The van der Waals surface area contributed by atoms with Crippen molar-refractivity contribution in [3.8, 4) is 12.3 Å². The molecule has 84 valence electrons. The summed E-state index contributed by atoms with van der Waals surface area (Å²) in [5.74, 6) is 3.21. The van der Waals surface area contributed by atoms with Gasteiger partial charge in [0.15, 0.2) is 0 Å². The smallest absolute Gasteiger partial charge is 0.234 e. The molecule has 1 heterocycles. The van der Waals surface area contributed by atoms with Crippen molar-refractivity contribution in [1.29, 1.82) is 0 Å². The minimum atomic E-state index is 0.0460. The fourth-order valence-corrected chi connectivity index (χ4v) is 2.04. The lowest BCUT2D eigenvalue weighted by molar-refractivity contribution is -0.122. The van der Waals surface area contributed by atoms with Crippen LogP contribution in [0.5, 0.6) is 0 Å². The van der Waals surface area contributed by atoms with Crippen LogP contribution in [0, 0.1) is 18.3 Å². The maximum Gasteiger partial charge on any atom is 0.234 e. The lowest BCUT2D eigenvalue weighted by atomic mass is 9.96. The molecule has 1 aliphatic heterocycles. The van der Waals surface area contributed by atoms with Crippen molar-refractivity contribution >= 4 is 5.91 Å². The number of hydrogen-bond acceptors (Lipinski definition) is 2. The van der Waals surface area contributed by atoms with Gasteiger partial charge < -0.3 is 5.32 Å². The van der Waals surface area contributed by atoms with Crippen LogP contribution < -0.4 is 5.32 Å². The molecule has 15 heavy (non-hydrogen) atoms. The first kappa shape index (κ1) is 12.1. The van der Waals surface area contributed by atoms with Crippen LogP contribution >= 0.6 is 0 Å². The van der Waals surface area contributed by atoms with Crippen molar-refractivity contribution in [2.24, 2.45) is 5.92 Å². The van der Waals surface area contributed by atoms with E-state index in [-0.39, 0.29) is 5.91 Å². The van der Waals surface area contributed by atoms with Gasteiger partial charge in [-0.2, -0.15) is 0 Å². The van der Waals surface area contributed by atoms with Gasteiger partial charge in [0.1, 0.15) is 0 Å². The molecule has 1 atom stereocenters. The van der Waals surface area contributed by atoms with Gasteiger partial charge in [-0.3, -0.25) is 9.69 Å². The Bertz CT molecular complexity index is 244. The molecule has 1 aliphatic rings. The van der Waals surface area contributed by atoms with Gasteiger partial charge in [-0.05, 0) is 25.3 Å². The van der Waals surface area contributed by atoms with Gasteiger partial charge in [0.05, 0.1) is 13.1 Å². The molecule has 0 radical (unpaired) electrons. The maximum atomic E-state index is 11.4. The summed E-state index contributed by atoms with van der Waals surface area (Å²) < 4.78 is 0. The Labute approximate surface area is 92.2 Å². The van der Waals surface area contributed by atoms with E-state index in [1.807, 2.05) is 0 Å². The van der Waals surface area contributed by atoms with Gasteiger partial charge in [0.25, 0.3) is 0 Å². The first-order chi connectivity index (χ1) is 7.26. The van der Waals surface area contributed by atoms with Gasteiger partial charge >= 0.3 is 0 Å². The van der Waals surface area contributed by atoms with Crippen LogP contribution in [0.2, 0.25) is 0 Å². The number of nitrogens with one attached hydrogen (secondary N) is 1. The van der Waals surface area contributed by atoms with Crippen molar-refractivity contribution in [3.05, 3.63) is 0 Å². The summed E-state index contributed by atoms with van der Waals surface area (Å²) in [5, 5.41) is 2.70. The van der Waals surface area contributed by atoms with E-state index in [1.54, 1.807) is 0 Å². The summed E-state index contributed by atoms with van der Waals surface area (Å²) in [6.07, 6.45) is 8.80. The van der Waals surface area contributed by atoms with E-state index in [0.717, 1.165) is 19.0 Å². The number of rotatable bonds is 4. The molecule has 0 spiro atoms. The second-order valence-electron chi connectivity index (χ2n) is 4.13. The largest absolute Gasteiger partial charge is 0.344 e.